The zero-order valence-electron chi connectivity index (χ0n) is 9.14. The van der Waals surface area contributed by atoms with Crippen LogP contribution in [0.1, 0.15) is 16.1 Å². The van der Waals surface area contributed by atoms with Crippen LogP contribution in [0.15, 0.2) is 41.3 Å². The Morgan fingerprint density at radius 2 is 2.12 bits per heavy atom. The molecule has 0 aliphatic carbocycles. The van der Waals surface area contributed by atoms with Crippen molar-refractivity contribution in [2.45, 2.75) is 6.92 Å². The van der Waals surface area contributed by atoms with Gasteiger partial charge >= 0.3 is 0 Å². The molecule has 0 aliphatic heterocycles. The molecule has 4 nitrogen and oxygen atoms in total. The maximum Gasteiger partial charge on any atom is 0.258 e. The minimum atomic E-state index is -0.199. The minimum Gasteiger partial charge on any atom is -0.322 e. The zero-order valence-corrected chi connectivity index (χ0v) is 10.7. The number of hydrogen-bond donors (Lipinski definition) is 1. The molecule has 0 unspecified atom stereocenters. The van der Waals surface area contributed by atoms with E-state index >= 15 is 0 Å². The Kier molecular flexibility index (Phi) is 3.49. The Morgan fingerprint density at radius 1 is 1.29 bits per heavy atom. The summed E-state index contributed by atoms with van der Waals surface area (Å²) in [6.45, 7) is 1.87. The van der Waals surface area contributed by atoms with E-state index in [-0.39, 0.29) is 5.91 Å². The molecule has 86 valence electrons. The van der Waals surface area contributed by atoms with Crippen molar-refractivity contribution in [2.75, 3.05) is 5.32 Å². The number of carbonyl (C=O) groups is 1. The van der Waals surface area contributed by atoms with Crippen molar-refractivity contribution < 1.29 is 4.79 Å². The second kappa shape index (κ2) is 5.05. The number of rotatable bonds is 2. The van der Waals surface area contributed by atoms with E-state index in [1.165, 1.54) is 0 Å². The molecule has 0 bridgehead atoms. The first-order valence-corrected chi connectivity index (χ1v) is 5.80. The van der Waals surface area contributed by atoms with Gasteiger partial charge in [0.15, 0.2) is 0 Å². The van der Waals surface area contributed by atoms with E-state index in [0.29, 0.717) is 10.2 Å². The molecule has 0 radical (unpaired) electrons. The molecule has 0 saturated carbocycles. The van der Waals surface area contributed by atoms with Gasteiger partial charge in [-0.25, -0.2) is 4.98 Å². The van der Waals surface area contributed by atoms with E-state index < -0.39 is 0 Å². The summed E-state index contributed by atoms with van der Waals surface area (Å²) in [4.78, 5) is 20.0. The number of nitrogens with zero attached hydrogens (tertiary/aromatic N) is 2. The lowest BCUT2D eigenvalue weighted by atomic mass is 10.2. The number of halogens is 1. The third-order valence-corrected chi connectivity index (χ3v) is 2.79. The predicted molar refractivity (Wildman–Crippen MR) is 68.9 cm³/mol. The number of aromatic nitrogens is 2. The van der Waals surface area contributed by atoms with Crippen LogP contribution in [-0.4, -0.2) is 15.9 Å². The smallest absolute Gasteiger partial charge is 0.258 e. The van der Waals surface area contributed by atoms with Gasteiger partial charge in [0.05, 0.1) is 5.56 Å². The fourth-order valence-electron chi connectivity index (χ4n) is 1.38. The maximum atomic E-state index is 11.9. The number of nitrogens with one attached hydrogen (secondary N) is 1. The summed E-state index contributed by atoms with van der Waals surface area (Å²) in [5, 5.41) is 2.79. The molecular weight excluding hydrogens is 282 g/mol. The second-order valence-corrected chi connectivity index (χ2v) is 4.23. The van der Waals surface area contributed by atoms with Crippen molar-refractivity contribution >= 4 is 27.5 Å². The van der Waals surface area contributed by atoms with E-state index in [2.05, 4.69) is 31.2 Å². The molecule has 0 aliphatic rings. The van der Waals surface area contributed by atoms with E-state index in [1.807, 2.05) is 13.0 Å². The number of aryl methyl sites for hydroxylation is 1. The molecular formula is C12H10BrN3O. The lowest BCUT2D eigenvalue weighted by Gasteiger charge is -2.06. The Balaban J connectivity index is 2.20. The van der Waals surface area contributed by atoms with E-state index in [9.17, 15) is 4.79 Å². The molecule has 1 amide bonds. The average Bonchev–Trinajstić information content (AvgIpc) is 2.29. The van der Waals surface area contributed by atoms with E-state index in [4.69, 9.17) is 0 Å². The molecule has 2 aromatic heterocycles. The number of hydrogen-bond acceptors (Lipinski definition) is 3. The van der Waals surface area contributed by atoms with Gasteiger partial charge in [-0.3, -0.25) is 9.78 Å². The van der Waals surface area contributed by atoms with Crippen LogP contribution in [-0.2, 0) is 0 Å². The third kappa shape index (κ3) is 2.88. The van der Waals surface area contributed by atoms with Crippen molar-refractivity contribution in [2.24, 2.45) is 0 Å². The third-order valence-electron chi connectivity index (χ3n) is 2.16. The topological polar surface area (TPSA) is 54.9 Å². The molecule has 0 saturated heterocycles. The molecule has 0 fully saturated rings. The first-order chi connectivity index (χ1) is 8.16. The van der Waals surface area contributed by atoms with Crippen LogP contribution < -0.4 is 5.32 Å². The highest BCUT2D eigenvalue weighted by molar-refractivity contribution is 9.10. The highest BCUT2D eigenvalue weighted by Crippen LogP contribution is 2.15. The van der Waals surface area contributed by atoms with Crippen molar-refractivity contribution in [3.05, 3.63) is 52.5 Å². The van der Waals surface area contributed by atoms with E-state index in [1.54, 1.807) is 30.6 Å². The summed E-state index contributed by atoms with van der Waals surface area (Å²) >= 11 is 3.24. The highest BCUT2D eigenvalue weighted by Gasteiger charge is 2.10. The maximum absolute atomic E-state index is 11.9. The van der Waals surface area contributed by atoms with Crippen LogP contribution in [0.25, 0.3) is 0 Å². The molecule has 2 heterocycles. The quantitative estimate of drug-likeness (QED) is 0.866. The van der Waals surface area contributed by atoms with Gasteiger partial charge in [0.25, 0.3) is 5.91 Å². The first-order valence-electron chi connectivity index (χ1n) is 5.01. The van der Waals surface area contributed by atoms with Gasteiger partial charge < -0.3 is 5.32 Å². The summed E-state index contributed by atoms with van der Waals surface area (Å²) in [5.74, 6) is -0.199. The lowest BCUT2D eigenvalue weighted by molar-refractivity contribution is 0.102. The summed E-state index contributed by atoms with van der Waals surface area (Å²) in [5.41, 5.74) is 2.08. The van der Waals surface area contributed by atoms with Crippen LogP contribution in [0.5, 0.6) is 0 Å². The zero-order chi connectivity index (χ0) is 12.3. The molecule has 0 spiro atoms. The number of carbonyl (C=O) groups excluding carboxylic acids is 1. The van der Waals surface area contributed by atoms with Crippen LogP contribution in [0.2, 0.25) is 0 Å². The SMILES string of the molecule is Cc1cc(NC(=O)c2cccnc2Br)ccn1. The average molecular weight is 292 g/mol. The molecule has 1 N–H and O–H groups in total. The van der Waals surface area contributed by atoms with Crippen molar-refractivity contribution in [1.82, 2.24) is 9.97 Å². The van der Waals surface area contributed by atoms with Crippen LogP contribution in [0.3, 0.4) is 0 Å². The van der Waals surface area contributed by atoms with Crippen molar-refractivity contribution in [3.8, 4) is 0 Å². The van der Waals surface area contributed by atoms with Gasteiger partial charge in [0.1, 0.15) is 4.60 Å². The summed E-state index contributed by atoms with van der Waals surface area (Å²) < 4.78 is 0.531. The largest absolute Gasteiger partial charge is 0.322 e. The van der Waals surface area contributed by atoms with Gasteiger partial charge in [0.2, 0.25) is 0 Å². The van der Waals surface area contributed by atoms with Gasteiger partial charge in [0, 0.05) is 23.8 Å². The molecule has 17 heavy (non-hydrogen) atoms. The van der Waals surface area contributed by atoms with Crippen molar-refractivity contribution in [3.63, 3.8) is 0 Å². The molecule has 5 heteroatoms. The van der Waals surface area contributed by atoms with Crippen LogP contribution in [0.4, 0.5) is 5.69 Å². The second-order valence-electron chi connectivity index (χ2n) is 3.48. The Bertz CT molecular complexity index is 557. The molecule has 2 rings (SSSR count). The Labute approximate surface area is 107 Å². The van der Waals surface area contributed by atoms with Crippen molar-refractivity contribution in [1.29, 1.82) is 0 Å². The summed E-state index contributed by atoms with van der Waals surface area (Å²) in [7, 11) is 0. The first kappa shape index (κ1) is 11.7. The van der Waals surface area contributed by atoms with Gasteiger partial charge in [-0.2, -0.15) is 0 Å². The fourth-order valence-corrected chi connectivity index (χ4v) is 1.81. The van der Waals surface area contributed by atoms with Gasteiger partial charge in [-0.05, 0) is 47.1 Å². The molecule has 2 aromatic rings. The highest BCUT2D eigenvalue weighted by atomic mass is 79.9. The Hall–Kier alpha value is -1.75. The number of anilines is 1. The van der Waals surface area contributed by atoms with Gasteiger partial charge in [-0.15, -0.1) is 0 Å². The summed E-state index contributed by atoms with van der Waals surface area (Å²) in [6, 6.07) is 6.98. The lowest BCUT2D eigenvalue weighted by Crippen LogP contribution is -2.13. The van der Waals surface area contributed by atoms with E-state index in [0.717, 1.165) is 11.4 Å². The Morgan fingerprint density at radius 3 is 2.82 bits per heavy atom. The molecule has 0 aromatic carbocycles. The monoisotopic (exact) mass is 291 g/mol. The van der Waals surface area contributed by atoms with Crippen LogP contribution >= 0.6 is 15.9 Å². The standard InChI is InChI=1S/C12H10BrN3O/c1-8-7-9(4-6-14-8)16-12(17)10-3-2-5-15-11(10)13/h2-7H,1H3,(H,14,16,17). The van der Waals surface area contributed by atoms with Crippen LogP contribution in [0, 0.1) is 6.92 Å². The number of amides is 1. The fraction of sp³-hybridized carbons (Fsp3) is 0.0833. The summed E-state index contributed by atoms with van der Waals surface area (Å²) in [6.07, 6.45) is 3.28. The number of pyridine rings is 2. The minimum absolute atomic E-state index is 0.199. The predicted octanol–water partition coefficient (Wildman–Crippen LogP) is 2.80. The van der Waals surface area contributed by atoms with Gasteiger partial charge in [-0.1, -0.05) is 0 Å². The molecule has 0 atom stereocenters. The normalized spacial score (nSPS) is 10.0.